The molecule has 1 aromatic carbocycles. The molecular weight excluding hydrogens is 290 g/mol. The number of carbonyl (C=O) groups excluding carboxylic acids is 1. The van der Waals surface area contributed by atoms with Crippen LogP contribution in [0.5, 0.6) is 5.75 Å². The zero-order valence-electron chi connectivity index (χ0n) is 12.1. The Hall–Kier alpha value is -1.75. The first-order chi connectivity index (χ1) is 10.1. The molecule has 1 aliphatic heterocycles. The van der Waals surface area contributed by atoms with Gasteiger partial charge in [0.1, 0.15) is 17.6 Å². The number of imidazole rings is 1. The molecule has 1 N–H and O–H groups in total. The van der Waals surface area contributed by atoms with Gasteiger partial charge in [-0.2, -0.15) is 0 Å². The van der Waals surface area contributed by atoms with Crippen molar-refractivity contribution in [1.82, 2.24) is 14.9 Å². The Morgan fingerprint density at radius 2 is 2.33 bits per heavy atom. The lowest BCUT2D eigenvalue weighted by atomic mass is 10.1. The van der Waals surface area contributed by atoms with Crippen LogP contribution in [0.3, 0.4) is 0 Å². The lowest BCUT2D eigenvalue weighted by Crippen LogP contribution is -2.38. The Labute approximate surface area is 128 Å². The monoisotopic (exact) mass is 307 g/mol. The fourth-order valence-corrected chi connectivity index (χ4v) is 2.99. The molecule has 1 aliphatic rings. The van der Waals surface area contributed by atoms with Gasteiger partial charge in [0.05, 0.1) is 23.5 Å². The molecule has 2 heterocycles. The van der Waals surface area contributed by atoms with E-state index in [1.54, 1.807) is 7.11 Å². The molecule has 0 radical (unpaired) electrons. The number of piperidine rings is 1. The number of rotatable bonds is 3. The van der Waals surface area contributed by atoms with Gasteiger partial charge in [-0.3, -0.25) is 4.79 Å². The van der Waals surface area contributed by atoms with E-state index in [-0.39, 0.29) is 17.3 Å². The number of fused-ring (bicyclic) bond motifs is 1. The second kappa shape index (κ2) is 5.56. The summed E-state index contributed by atoms with van der Waals surface area (Å²) < 4.78 is 7.21. The smallest absolute Gasteiger partial charge is 0.243 e. The molecule has 0 spiro atoms. The second-order valence-corrected chi connectivity index (χ2v) is 5.91. The number of benzene rings is 1. The van der Waals surface area contributed by atoms with Gasteiger partial charge in [-0.1, -0.05) is 0 Å². The SMILES string of the molecule is COc1ccc2c(c1)nc(C(C)Cl)n2C1CCCNC1=O. The molecule has 1 fully saturated rings. The maximum absolute atomic E-state index is 12.2. The van der Waals surface area contributed by atoms with E-state index in [1.807, 2.05) is 29.7 Å². The molecule has 5 nitrogen and oxygen atoms in total. The highest BCUT2D eigenvalue weighted by molar-refractivity contribution is 6.20. The number of nitrogens with zero attached hydrogens (tertiary/aromatic N) is 2. The Morgan fingerprint density at radius 1 is 1.52 bits per heavy atom. The number of hydrogen-bond acceptors (Lipinski definition) is 3. The molecule has 3 rings (SSSR count). The summed E-state index contributed by atoms with van der Waals surface area (Å²) in [6, 6.07) is 5.44. The first-order valence-corrected chi connectivity index (χ1v) is 7.53. The summed E-state index contributed by atoms with van der Waals surface area (Å²) in [6.45, 7) is 2.61. The van der Waals surface area contributed by atoms with Crippen molar-refractivity contribution in [3.63, 3.8) is 0 Å². The predicted molar refractivity (Wildman–Crippen MR) is 81.8 cm³/mol. The number of aromatic nitrogens is 2. The summed E-state index contributed by atoms with van der Waals surface area (Å²) in [4.78, 5) is 16.8. The molecule has 2 aromatic rings. The molecule has 0 saturated carbocycles. The van der Waals surface area contributed by atoms with Gasteiger partial charge in [-0.25, -0.2) is 4.98 Å². The van der Waals surface area contributed by atoms with Crippen molar-refractivity contribution in [2.75, 3.05) is 13.7 Å². The molecule has 1 saturated heterocycles. The standard InChI is InChI=1S/C15H18ClN3O2/c1-9(16)14-18-11-8-10(21-2)5-6-12(11)19(14)13-4-3-7-17-15(13)20/h5-6,8-9,13H,3-4,7H2,1-2H3,(H,17,20). The third-order valence-electron chi connectivity index (χ3n) is 3.85. The highest BCUT2D eigenvalue weighted by Gasteiger charge is 2.29. The highest BCUT2D eigenvalue weighted by atomic mass is 35.5. The summed E-state index contributed by atoms with van der Waals surface area (Å²) in [5.41, 5.74) is 1.72. The topological polar surface area (TPSA) is 56.1 Å². The van der Waals surface area contributed by atoms with Crippen LogP contribution in [0, 0.1) is 0 Å². The van der Waals surface area contributed by atoms with Gasteiger partial charge in [0.15, 0.2) is 0 Å². The molecular formula is C15H18ClN3O2. The first kappa shape index (κ1) is 14.2. The molecule has 6 heteroatoms. The van der Waals surface area contributed by atoms with E-state index in [4.69, 9.17) is 16.3 Å². The van der Waals surface area contributed by atoms with Crippen LogP contribution < -0.4 is 10.1 Å². The number of carbonyl (C=O) groups is 1. The van der Waals surface area contributed by atoms with E-state index < -0.39 is 0 Å². The van der Waals surface area contributed by atoms with Gasteiger partial charge in [0.2, 0.25) is 5.91 Å². The van der Waals surface area contributed by atoms with Crippen LogP contribution >= 0.6 is 11.6 Å². The predicted octanol–water partition coefficient (Wildman–Crippen LogP) is 2.80. The lowest BCUT2D eigenvalue weighted by molar-refractivity contribution is -0.125. The van der Waals surface area contributed by atoms with Gasteiger partial charge in [0, 0.05) is 12.6 Å². The molecule has 21 heavy (non-hydrogen) atoms. The minimum absolute atomic E-state index is 0.0370. The van der Waals surface area contributed by atoms with Crippen LogP contribution in [-0.2, 0) is 4.79 Å². The molecule has 112 valence electrons. The number of hydrogen-bond donors (Lipinski definition) is 1. The number of nitrogens with one attached hydrogen (secondary N) is 1. The largest absolute Gasteiger partial charge is 0.497 e. The Kier molecular flexibility index (Phi) is 3.76. The Bertz CT molecular complexity index is 681. The number of amides is 1. The van der Waals surface area contributed by atoms with Crippen molar-refractivity contribution in [3.05, 3.63) is 24.0 Å². The summed E-state index contributed by atoms with van der Waals surface area (Å²) in [5, 5.41) is 2.65. The van der Waals surface area contributed by atoms with Crippen LogP contribution in [0.15, 0.2) is 18.2 Å². The fraction of sp³-hybridized carbons (Fsp3) is 0.467. The second-order valence-electron chi connectivity index (χ2n) is 5.26. The summed E-state index contributed by atoms with van der Waals surface area (Å²) in [6.07, 6.45) is 1.77. The van der Waals surface area contributed by atoms with E-state index in [9.17, 15) is 4.79 Å². The van der Waals surface area contributed by atoms with Crippen molar-refractivity contribution < 1.29 is 9.53 Å². The van der Waals surface area contributed by atoms with Crippen LogP contribution in [0.25, 0.3) is 11.0 Å². The van der Waals surface area contributed by atoms with Gasteiger partial charge in [-0.05, 0) is 31.9 Å². The van der Waals surface area contributed by atoms with Gasteiger partial charge in [-0.15, -0.1) is 11.6 Å². The summed E-state index contributed by atoms with van der Waals surface area (Å²) in [5.74, 6) is 1.51. The van der Waals surface area contributed by atoms with Crippen LogP contribution in [0.4, 0.5) is 0 Å². The molecule has 2 atom stereocenters. The first-order valence-electron chi connectivity index (χ1n) is 7.09. The van der Waals surface area contributed by atoms with Gasteiger partial charge >= 0.3 is 0 Å². The van der Waals surface area contributed by atoms with Crippen molar-refractivity contribution in [1.29, 1.82) is 0 Å². The maximum Gasteiger partial charge on any atom is 0.243 e. The van der Waals surface area contributed by atoms with E-state index in [0.29, 0.717) is 0 Å². The number of alkyl halides is 1. The fourth-order valence-electron chi connectivity index (χ4n) is 2.83. The van der Waals surface area contributed by atoms with Crippen LogP contribution in [0.1, 0.15) is 37.0 Å². The third-order valence-corrected chi connectivity index (χ3v) is 4.04. The minimum Gasteiger partial charge on any atom is -0.497 e. The van der Waals surface area contributed by atoms with Crippen molar-refractivity contribution in [3.8, 4) is 5.75 Å². The van der Waals surface area contributed by atoms with Crippen molar-refractivity contribution in [2.45, 2.75) is 31.2 Å². The molecule has 0 bridgehead atoms. The van der Waals surface area contributed by atoms with Crippen LogP contribution in [-0.4, -0.2) is 29.1 Å². The van der Waals surface area contributed by atoms with Crippen molar-refractivity contribution in [2.24, 2.45) is 0 Å². The van der Waals surface area contributed by atoms with E-state index >= 15 is 0 Å². The number of halogens is 1. The lowest BCUT2D eigenvalue weighted by Gasteiger charge is -2.25. The Balaban J connectivity index is 2.18. The molecule has 1 amide bonds. The average Bonchev–Trinajstić information content (AvgIpc) is 2.86. The zero-order valence-corrected chi connectivity index (χ0v) is 12.9. The maximum atomic E-state index is 12.2. The quantitative estimate of drug-likeness (QED) is 0.887. The van der Waals surface area contributed by atoms with Gasteiger partial charge < -0.3 is 14.6 Å². The zero-order chi connectivity index (χ0) is 15.0. The number of methoxy groups -OCH3 is 1. The average molecular weight is 308 g/mol. The summed E-state index contributed by atoms with van der Waals surface area (Å²) >= 11 is 6.27. The highest BCUT2D eigenvalue weighted by Crippen LogP contribution is 2.32. The van der Waals surface area contributed by atoms with Crippen molar-refractivity contribution >= 4 is 28.5 Å². The third kappa shape index (κ3) is 2.46. The molecule has 0 aliphatic carbocycles. The normalized spacial score (nSPS) is 20.3. The van der Waals surface area contributed by atoms with E-state index in [2.05, 4.69) is 10.3 Å². The van der Waals surface area contributed by atoms with E-state index in [0.717, 1.165) is 42.0 Å². The van der Waals surface area contributed by atoms with Crippen LogP contribution in [0.2, 0.25) is 0 Å². The molecule has 1 aromatic heterocycles. The van der Waals surface area contributed by atoms with Gasteiger partial charge in [0.25, 0.3) is 0 Å². The minimum atomic E-state index is -0.266. The van der Waals surface area contributed by atoms with E-state index in [1.165, 1.54) is 0 Å². The Morgan fingerprint density at radius 3 is 3.00 bits per heavy atom. The molecule has 2 unspecified atom stereocenters. The number of ether oxygens (including phenoxy) is 1. The summed E-state index contributed by atoms with van der Waals surface area (Å²) in [7, 11) is 1.62.